The van der Waals surface area contributed by atoms with Crippen LogP contribution in [0.2, 0.25) is 0 Å². The molecule has 0 bridgehead atoms. The number of nitrogens with one attached hydrogen (secondary N) is 1. The van der Waals surface area contributed by atoms with E-state index in [-0.39, 0.29) is 11.8 Å². The number of hydrogen-bond acceptors (Lipinski definition) is 4. The zero-order valence-corrected chi connectivity index (χ0v) is 14.7. The summed E-state index contributed by atoms with van der Waals surface area (Å²) in [6.07, 6.45) is 2.18. The molecule has 2 aromatic heterocycles. The van der Waals surface area contributed by atoms with Gasteiger partial charge in [-0.2, -0.15) is 0 Å². The molecule has 0 radical (unpaired) electrons. The zero-order valence-electron chi connectivity index (χ0n) is 14.7. The van der Waals surface area contributed by atoms with E-state index in [9.17, 15) is 4.79 Å². The van der Waals surface area contributed by atoms with Crippen LogP contribution in [0.15, 0.2) is 34.9 Å². The number of aromatic nitrogens is 2. The predicted octanol–water partition coefficient (Wildman–Crippen LogP) is 4.78. The quantitative estimate of drug-likeness (QED) is 0.744. The summed E-state index contributed by atoms with van der Waals surface area (Å²) in [7, 11) is 0. The van der Waals surface area contributed by atoms with E-state index >= 15 is 0 Å². The first-order valence-corrected chi connectivity index (χ1v) is 8.71. The number of nitrogens with zero attached hydrogens (tertiary/aromatic N) is 2. The Kier molecular flexibility index (Phi) is 3.79. The minimum Gasteiger partial charge on any atom is -0.359 e. The molecule has 5 heteroatoms. The van der Waals surface area contributed by atoms with Crippen molar-refractivity contribution in [2.45, 2.75) is 45.4 Å². The lowest BCUT2D eigenvalue weighted by Gasteiger charge is -2.12. The molecule has 1 aromatic carbocycles. The second-order valence-electron chi connectivity index (χ2n) is 7.00. The second-order valence-corrected chi connectivity index (χ2v) is 7.00. The third-order valence-electron chi connectivity index (χ3n) is 4.65. The number of carbonyl (C=O) groups is 1. The standard InChI is InChI=1S/C20H21N3O2/c1-11(2)17-10-15(14-6-4-5-7-16(14)21-17)20(24)22-18-12(3)23-25-19(18)13-8-9-13/h4-7,10-11,13H,8-9H2,1-3H3,(H,22,24). The topological polar surface area (TPSA) is 68.0 Å². The highest BCUT2D eigenvalue weighted by Crippen LogP contribution is 2.44. The molecule has 25 heavy (non-hydrogen) atoms. The largest absolute Gasteiger partial charge is 0.359 e. The van der Waals surface area contributed by atoms with Gasteiger partial charge in [-0.15, -0.1) is 0 Å². The zero-order chi connectivity index (χ0) is 17.6. The first-order valence-electron chi connectivity index (χ1n) is 8.71. The highest BCUT2D eigenvalue weighted by molar-refractivity contribution is 6.12. The van der Waals surface area contributed by atoms with Gasteiger partial charge >= 0.3 is 0 Å². The summed E-state index contributed by atoms with van der Waals surface area (Å²) < 4.78 is 5.43. The Balaban J connectivity index is 1.76. The SMILES string of the molecule is Cc1noc(C2CC2)c1NC(=O)c1cc(C(C)C)nc2ccccc12. The fourth-order valence-electron chi connectivity index (χ4n) is 3.02. The van der Waals surface area contributed by atoms with E-state index in [4.69, 9.17) is 4.52 Å². The Hall–Kier alpha value is -2.69. The van der Waals surface area contributed by atoms with Gasteiger partial charge in [0.1, 0.15) is 11.4 Å². The maximum absolute atomic E-state index is 13.0. The molecule has 0 spiro atoms. The summed E-state index contributed by atoms with van der Waals surface area (Å²) in [6, 6.07) is 9.64. The number of hydrogen-bond donors (Lipinski definition) is 1. The molecule has 0 aliphatic heterocycles. The number of amides is 1. The summed E-state index contributed by atoms with van der Waals surface area (Å²) >= 11 is 0. The van der Waals surface area contributed by atoms with Crippen LogP contribution >= 0.6 is 0 Å². The summed E-state index contributed by atoms with van der Waals surface area (Å²) in [6.45, 7) is 6.01. The summed E-state index contributed by atoms with van der Waals surface area (Å²) in [5, 5.41) is 7.92. The lowest BCUT2D eigenvalue weighted by molar-refractivity contribution is 0.102. The molecule has 1 fully saturated rings. The van der Waals surface area contributed by atoms with E-state index in [1.54, 1.807) is 0 Å². The average Bonchev–Trinajstić information content (AvgIpc) is 3.39. The van der Waals surface area contributed by atoms with Gasteiger partial charge in [-0.05, 0) is 37.8 Å². The van der Waals surface area contributed by atoms with Crippen molar-refractivity contribution in [2.24, 2.45) is 0 Å². The molecule has 128 valence electrons. The van der Waals surface area contributed by atoms with Gasteiger partial charge in [0.05, 0.1) is 11.1 Å². The maximum atomic E-state index is 13.0. The summed E-state index contributed by atoms with van der Waals surface area (Å²) in [5.74, 6) is 1.29. The molecule has 2 heterocycles. The van der Waals surface area contributed by atoms with Crippen LogP contribution in [-0.2, 0) is 0 Å². The molecule has 4 rings (SSSR count). The van der Waals surface area contributed by atoms with Crippen LogP contribution in [0.25, 0.3) is 10.9 Å². The highest BCUT2D eigenvalue weighted by atomic mass is 16.5. The average molecular weight is 335 g/mol. The molecule has 0 unspecified atom stereocenters. The van der Waals surface area contributed by atoms with Crippen molar-refractivity contribution in [1.29, 1.82) is 0 Å². The normalized spacial score (nSPS) is 14.2. The number of aryl methyl sites for hydroxylation is 1. The van der Waals surface area contributed by atoms with E-state index in [1.807, 2.05) is 37.3 Å². The summed E-state index contributed by atoms with van der Waals surface area (Å²) in [5.41, 5.74) is 3.82. The minimum absolute atomic E-state index is 0.145. The van der Waals surface area contributed by atoms with Crippen LogP contribution in [0.3, 0.4) is 0 Å². The molecule has 1 amide bonds. The third-order valence-corrected chi connectivity index (χ3v) is 4.65. The van der Waals surface area contributed by atoms with Crippen molar-refractivity contribution in [3.05, 3.63) is 53.0 Å². The van der Waals surface area contributed by atoms with Crippen LogP contribution in [0.1, 0.15) is 66.0 Å². The molecular formula is C20H21N3O2. The minimum atomic E-state index is -0.145. The van der Waals surface area contributed by atoms with Crippen molar-refractivity contribution < 1.29 is 9.32 Å². The molecular weight excluding hydrogens is 314 g/mol. The Morgan fingerprint density at radius 1 is 1.28 bits per heavy atom. The second kappa shape index (κ2) is 5.99. The van der Waals surface area contributed by atoms with Crippen molar-refractivity contribution in [3.63, 3.8) is 0 Å². The highest BCUT2D eigenvalue weighted by Gasteiger charge is 2.32. The number of fused-ring (bicyclic) bond motifs is 1. The van der Waals surface area contributed by atoms with E-state index in [0.717, 1.165) is 46.6 Å². The lowest BCUT2D eigenvalue weighted by atomic mass is 10.0. The third kappa shape index (κ3) is 2.90. The molecule has 1 aliphatic carbocycles. The van der Waals surface area contributed by atoms with Gasteiger partial charge < -0.3 is 9.84 Å². The van der Waals surface area contributed by atoms with Crippen molar-refractivity contribution >= 4 is 22.5 Å². The van der Waals surface area contributed by atoms with Crippen LogP contribution in [-0.4, -0.2) is 16.0 Å². The maximum Gasteiger partial charge on any atom is 0.256 e. The first kappa shape index (κ1) is 15.8. The number of benzene rings is 1. The van der Waals surface area contributed by atoms with Gasteiger partial charge in [-0.1, -0.05) is 37.2 Å². The van der Waals surface area contributed by atoms with Crippen molar-refractivity contribution in [2.75, 3.05) is 5.32 Å². The molecule has 1 aliphatic rings. The Labute approximate surface area is 146 Å². The van der Waals surface area contributed by atoms with E-state index in [2.05, 4.69) is 29.3 Å². The van der Waals surface area contributed by atoms with Crippen LogP contribution in [0.4, 0.5) is 5.69 Å². The fourth-order valence-corrected chi connectivity index (χ4v) is 3.02. The van der Waals surface area contributed by atoms with Crippen molar-refractivity contribution in [1.82, 2.24) is 10.1 Å². The molecule has 1 saturated carbocycles. The number of pyridine rings is 1. The van der Waals surface area contributed by atoms with Gasteiger partial charge in [0, 0.05) is 17.0 Å². The smallest absolute Gasteiger partial charge is 0.256 e. The first-order chi connectivity index (χ1) is 12.0. The van der Waals surface area contributed by atoms with Crippen LogP contribution < -0.4 is 5.32 Å². The molecule has 0 atom stereocenters. The fraction of sp³-hybridized carbons (Fsp3) is 0.350. The number of anilines is 1. The van der Waals surface area contributed by atoms with E-state index < -0.39 is 0 Å². The molecule has 3 aromatic rings. The monoisotopic (exact) mass is 335 g/mol. The molecule has 5 nitrogen and oxygen atoms in total. The van der Waals surface area contributed by atoms with Crippen LogP contribution in [0, 0.1) is 6.92 Å². The number of carbonyl (C=O) groups excluding carboxylic acids is 1. The van der Waals surface area contributed by atoms with E-state index in [1.165, 1.54) is 0 Å². The number of para-hydroxylation sites is 1. The number of rotatable bonds is 4. The molecule has 1 N–H and O–H groups in total. The van der Waals surface area contributed by atoms with Gasteiger partial charge in [0.2, 0.25) is 0 Å². The lowest BCUT2D eigenvalue weighted by Crippen LogP contribution is -2.15. The predicted molar refractivity (Wildman–Crippen MR) is 97.0 cm³/mol. The van der Waals surface area contributed by atoms with E-state index in [0.29, 0.717) is 11.5 Å². The Morgan fingerprint density at radius 2 is 2.04 bits per heavy atom. The van der Waals surface area contributed by atoms with Crippen LogP contribution in [0.5, 0.6) is 0 Å². The van der Waals surface area contributed by atoms with Gasteiger partial charge in [0.15, 0.2) is 5.76 Å². The van der Waals surface area contributed by atoms with Gasteiger partial charge in [-0.25, -0.2) is 0 Å². The Morgan fingerprint density at radius 3 is 2.76 bits per heavy atom. The van der Waals surface area contributed by atoms with Gasteiger partial charge in [-0.3, -0.25) is 9.78 Å². The summed E-state index contributed by atoms with van der Waals surface area (Å²) in [4.78, 5) is 17.7. The molecule has 0 saturated heterocycles. The van der Waals surface area contributed by atoms with Gasteiger partial charge in [0.25, 0.3) is 5.91 Å². The van der Waals surface area contributed by atoms with Crippen molar-refractivity contribution in [3.8, 4) is 0 Å². The Bertz CT molecular complexity index is 955.